The highest BCUT2D eigenvalue weighted by Crippen LogP contribution is 2.50. The average molecular weight is 487 g/mol. The number of non-ortho nitro benzene ring substituents is 1. The van der Waals surface area contributed by atoms with E-state index < -0.39 is 10.8 Å². The van der Waals surface area contributed by atoms with Gasteiger partial charge in [0.15, 0.2) is 5.78 Å². The number of benzene rings is 1. The van der Waals surface area contributed by atoms with Gasteiger partial charge in [-0.15, -0.1) is 23.1 Å². The molecule has 2 aliphatic rings. The van der Waals surface area contributed by atoms with Crippen molar-refractivity contribution >= 4 is 51.9 Å². The van der Waals surface area contributed by atoms with E-state index in [0.29, 0.717) is 36.2 Å². The van der Waals surface area contributed by atoms with E-state index in [1.165, 1.54) is 29.5 Å². The third-order valence-corrected chi connectivity index (χ3v) is 7.90. The number of ketones is 1. The van der Waals surface area contributed by atoms with Crippen molar-refractivity contribution in [3.05, 3.63) is 72.3 Å². The fraction of sp³-hybridized carbons (Fsp3) is 0.273. The summed E-state index contributed by atoms with van der Waals surface area (Å²) in [6.45, 7) is 2.05. The maximum absolute atomic E-state index is 13.2. The topological polar surface area (TPSA) is 113 Å². The Balaban J connectivity index is 1.98. The molecular weight excluding hydrogens is 468 g/mol. The average Bonchev–Trinajstić information content (AvgIpc) is 3.22. The van der Waals surface area contributed by atoms with Gasteiger partial charge in [-0.25, -0.2) is 0 Å². The van der Waals surface area contributed by atoms with Crippen LogP contribution < -0.4 is 10.6 Å². The quantitative estimate of drug-likeness (QED) is 0.326. The number of anilines is 1. The fourth-order valence-corrected chi connectivity index (χ4v) is 6.46. The van der Waals surface area contributed by atoms with E-state index in [1.54, 1.807) is 16.7 Å². The number of halogens is 1. The van der Waals surface area contributed by atoms with E-state index in [1.807, 2.05) is 18.4 Å². The molecule has 0 saturated heterocycles. The summed E-state index contributed by atoms with van der Waals surface area (Å²) in [5.41, 5.74) is 8.13. The number of allylic oxidation sites excluding steroid dienone is 3. The second-order valence-electron chi connectivity index (χ2n) is 7.29. The third-order valence-electron chi connectivity index (χ3n) is 5.51. The van der Waals surface area contributed by atoms with E-state index in [-0.39, 0.29) is 27.9 Å². The SMILES string of the molecule is CCSc1ccsc1[C@H]1C(C#N)=C(N)N(c2cc([N+](=O)[O-])ccc2Cl)C2=C1C(=O)CCC2. The molecule has 7 nitrogen and oxygen atoms in total. The molecule has 1 aromatic heterocycles. The highest BCUT2D eigenvalue weighted by atomic mass is 35.5. The zero-order valence-electron chi connectivity index (χ0n) is 17.1. The molecule has 4 rings (SSSR count). The van der Waals surface area contributed by atoms with Crippen molar-refractivity contribution in [1.82, 2.24) is 0 Å². The van der Waals surface area contributed by atoms with E-state index in [0.717, 1.165) is 15.5 Å². The van der Waals surface area contributed by atoms with Gasteiger partial charge < -0.3 is 5.73 Å². The summed E-state index contributed by atoms with van der Waals surface area (Å²) in [5, 5.41) is 23.7. The van der Waals surface area contributed by atoms with Crippen molar-refractivity contribution in [3.63, 3.8) is 0 Å². The van der Waals surface area contributed by atoms with Gasteiger partial charge in [0.25, 0.3) is 5.69 Å². The summed E-state index contributed by atoms with van der Waals surface area (Å²) in [6.07, 6.45) is 1.56. The van der Waals surface area contributed by atoms with Crippen molar-refractivity contribution in [1.29, 1.82) is 5.26 Å². The lowest BCUT2D eigenvalue weighted by atomic mass is 9.78. The standard InChI is InChI=1S/C22H19ClN4O3S2/c1-2-31-18-8-9-32-21(18)19-13(11-24)22(25)26(15-4-3-5-17(28)20(15)19)16-10-12(27(29)30)6-7-14(16)23/h6-10,19H,2-5,25H2,1H3/t19-/m0/s1. The molecule has 0 radical (unpaired) electrons. The Kier molecular flexibility index (Phi) is 6.29. The molecule has 0 spiro atoms. The van der Waals surface area contributed by atoms with Crippen LogP contribution in [-0.4, -0.2) is 16.5 Å². The van der Waals surface area contributed by atoms with Crippen molar-refractivity contribution in [2.45, 2.75) is 37.0 Å². The maximum Gasteiger partial charge on any atom is 0.271 e. The number of carbonyl (C=O) groups excluding carboxylic acids is 1. The third kappa shape index (κ3) is 3.68. The molecule has 0 amide bonds. The van der Waals surface area contributed by atoms with Gasteiger partial charge in [-0.1, -0.05) is 18.5 Å². The number of carbonyl (C=O) groups is 1. The van der Waals surface area contributed by atoms with Gasteiger partial charge in [0.2, 0.25) is 0 Å². The van der Waals surface area contributed by atoms with E-state index >= 15 is 0 Å². The van der Waals surface area contributed by atoms with Crippen molar-refractivity contribution in [2.24, 2.45) is 5.73 Å². The number of hydrogen-bond acceptors (Lipinski definition) is 8. The second-order valence-corrected chi connectivity index (χ2v) is 9.95. The summed E-state index contributed by atoms with van der Waals surface area (Å²) in [5.74, 6) is 0.413. The second kappa shape index (κ2) is 8.98. The zero-order chi connectivity index (χ0) is 23.0. The highest BCUT2D eigenvalue weighted by molar-refractivity contribution is 7.99. The Morgan fingerprint density at radius 2 is 2.19 bits per heavy atom. The number of thioether (sulfide) groups is 1. The first-order valence-electron chi connectivity index (χ1n) is 9.99. The predicted octanol–water partition coefficient (Wildman–Crippen LogP) is 5.73. The van der Waals surface area contributed by atoms with Crippen LogP contribution in [0.3, 0.4) is 0 Å². The van der Waals surface area contributed by atoms with E-state index in [4.69, 9.17) is 17.3 Å². The van der Waals surface area contributed by atoms with Crippen molar-refractivity contribution < 1.29 is 9.72 Å². The van der Waals surface area contributed by atoms with E-state index in [9.17, 15) is 20.2 Å². The number of nitrogens with two attached hydrogens (primary N) is 1. The van der Waals surface area contributed by atoms with Gasteiger partial charge in [0, 0.05) is 39.6 Å². The Morgan fingerprint density at radius 1 is 1.41 bits per heavy atom. The number of rotatable bonds is 5. The van der Waals surface area contributed by atoms with Crippen LogP contribution in [0.4, 0.5) is 11.4 Å². The largest absolute Gasteiger partial charge is 0.384 e. The van der Waals surface area contributed by atoms with Gasteiger partial charge in [0.05, 0.1) is 33.2 Å². The molecule has 32 heavy (non-hydrogen) atoms. The molecule has 1 aromatic carbocycles. The first kappa shape index (κ1) is 22.4. The minimum Gasteiger partial charge on any atom is -0.384 e. The van der Waals surface area contributed by atoms with Gasteiger partial charge in [-0.2, -0.15) is 5.26 Å². The molecule has 164 valence electrons. The Hall–Kier alpha value is -2.80. The molecule has 2 aromatic rings. The van der Waals surface area contributed by atoms with Crippen LogP contribution in [0.1, 0.15) is 37.0 Å². The molecule has 0 unspecified atom stereocenters. The van der Waals surface area contributed by atoms with Crippen LogP contribution in [-0.2, 0) is 4.79 Å². The zero-order valence-corrected chi connectivity index (χ0v) is 19.5. The molecule has 0 bridgehead atoms. The van der Waals surface area contributed by atoms with Gasteiger partial charge >= 0.3 is 0 Å². The highest BCUT2D eigenvalue weighted by Gasteiger charge is 2.42. The van der Waals surface area contributed by atoms with Crippen LogP contribution in [0.2, 0.25) is 5.02 Å². The van der Waals surface area contributed by atoms with E-state index in [2.05, 4.69) is 6.07 Å². The summed E-state index contributed by atoms with van der Waals surface area (Å²) in [4.78, 5) is 27.6. The molecule has 0 fully saturated rings. The molecule has 2 N–H and O–H groups in total. The smallest absolute Gasteiger partial charge is 0.271 e. The number of thiophene rings is 1. The van der Waals surface area contributed by atoms with Gasteiger partial charge in [-0.05, 0) is 36.1 Å². The number of hydrogen-bond donors (Lipinski definition) is 1. The molecule has 1 aliphatic carbocycles. The molecule has 1 aliphatic heterocycles. The van der Waals surface area contributed by atoms with Gasteiger partial charge in [0.1, 0.15) is 5.82 Å². The predicted molar refractivity (Wildman–Crippen MR) is 127 cm³/mol. The number of nitro benzene ring substituents is 1. The van der Waals surface area contributed by atoms with Crippen LogP contribution in [0.25, 0.3) is 0 Å². The molecule has 0 saturated carbocycles. The minimum absolute atomic E-state index is 0.0381. The first-order chi connectivity index (χ1) is 15.4. The monoisotopic (exact) mass is 486 g/mol. The normalized spacial score (nSPS) is 18.6. The molecule has 2 heterocycles. The lowest BCUT2D eigenvalue weighted by molar-refractivity contribution is -0.384. The summed E-state index contributed by atoms with van der Waals surface area (Å²) in [7, 11) is 0. The van der Waals surface area contributed by atoms with Crippen LogP contribution in [0.15, 0.2) is 57.2 Å². The number of nitriles is 1. The lowest BCUT2D eigenvalue weighted by Crippen LogP contribution is -2.38. The number of nitrogens with zero attached hydrogens (tertiary/aromatic N) is 3. The van der Waals surface area contributed by atoms with Crippen LogP contribution in [0.5, 0.6) is 0 Å². The Labute approximate surface area is 198 Å². The van der Waals surface area contributed by atoms with Crippen LogP contribution in [0, 0.1) is 21.4 Å². The van der Waals surface area contributed by atoms with Crippen molar-refractivity contribution in [2.75, 3.05) is 10.7 Å². The molecule has 10 heteroatoms. The molecular formula is C22H19ClN4O3S2. The lowest BCUT2D eigenvalue weighted by Gasteiger charge is -2.39. The van der Waals surface area contributed by atoms with Crippen LogP contribution >= 0.6 is 34.7 Å². The number of nitro groups is 1. The Bertz CT molecular complexity index is 1230. The summed E-state index contributed by atoms with van der Waals surface area (Å²) in [6, 6.07) is 8.29. The van der Waals surface area contributed by atoms with Crippen molar-refractivity contribution in [3.8, 4) is 6.07 Å². The van der Waals surface area contributed by atoms with Gasteiger partial charge in [-0.3, -0.25) is 19.8 Å². The maximum atomic E-state index is 13.2. The molecule has 1 atom stereocenters. The first-order valence-corrected chi connectivity index (χ1v) is 12.2. The minimum atomic E-state index is -0.550. The number of Topliss-reactive ketones (excluding diaryl/α,β-unsaturated/α-hetero) is 1. The summed E-state index contributed by atoms with van der Waals surface area (Å²) < 4.78 is 0. The Morgan fingerprint density at radius 3 is 2.88 bits per heavy atom. The fourth-order valence-electron chi connectivity index (χ4n) is 4.20. The summed E-state index contributed by atoms with van der Waals surface area (Å²) >= 11 is 9.58.